The van der Waals surface area contributed by atoms with E-state index in [9.17, 15) is 4.79 Å². The number of hydrogen-bond donors (Lipinski definition) is 1. The molecule has 1 unspecified atom stereocenters. The summed E-state index contributed by atoms with van der Waals surface area (Å²) in [5.74, 6) is 2.42. The highest BCUT2D eigenvalue weighted by Gasteiger charge is 2.32. The van der Waals surface area contributed by atoms with Gasteiger partial charge in [-0.25, -0.2) is 0 Å². The van der Waals surface area contributed by atoms with Crippen LogP contribution in [0.25, 0.3) is 0 Å². The van der Waals surface area contributed by atoms with Gasteiger partial charge >= 0.3 is 0 Å². The first-order valence-electron chi connectivity index (χ1n) is 8.83. The van der Waals surface area contributed by atoms with Crippen LogP contribution in [-0.2, 0) is 4.79 Å². The van der Waals surface area contributed by atoms with E-state index in [4.69, 9.17) is 5.73 Å². The van der Waals surface area contributed by atoms with Crippen LogP contribution in [0.15, 0.2) is 0 Å². The molecule has 1 aliphatic heterocycles. The minimum absolute atomic E-state index is 0.261. The van der Waals surface area contributed by atoms with E-state index in [0.717, 1.165) is 38.4 Å². The number of amides is 1. The largest absolute Gasteiger partial charge is 0.342 e. The Morgan fingerprint density at radius 3 is 2.57 bits per heavy atom. The van der Waals surface area contributed by atoms with Crippen molar-refractivity contribution in [3.8, 4) is 0 Å². The molecule has 0 spiro atoms. The summed E-state index contributed by atoms with van der Waals surface area (Å²) in [6.07, 6.45) is 8.15. The summed E-state index contributed by atoms with van der Waals surface area (Å²) in [5.41, 5.74) is 6.09. The van der Waals surface area contributed by atoms with Crippen LogP contribution in [0.5, 0.6) is 0 Å². The zero-order chi connectivity index (χ0) is 14.8. The van der Waals surface area contributed by atoms with Gasteiger partial charge < -0.3 is 15.5 Å². The quantitative estimate of drug-likeness (QED) is 0.811. The van der Waals surface area contributed by atoms with E-state index in [1.807, 2.05) is 0 Å². The summed E-state index contributed by atoms with van der Waals surface area (Å²) in [7, 11) is 2.24. The molecule has 0 bridgehead atoms. The van der Waals surface area contributed by atoms with Crippen molar-refractivity contribution < 1.29 is 4.79 Å². The fourth-order valence-electron chi connectivity index (χ4n) is 4.14. The lowest BCUT2D eigenvalue weighted by Crippen LogP contribution is -2.35. The molecule has 3 aliphatic rings. The number of carbonyl (C=O) groups excluding carboxylic acids is 1. The zero-order valence-corrected chi connectivity index (χ0v) is 13.5. The lowest BCUT2D eigenvalue weighted by Gasteiger charge is -2.23. The molecular weight excluding hydrogens is 262 g/mol. The van der Waals surface area contributed by atoms with E-state index in [1.54, 1.807) is 0 Å². The van der Waals surface area contributed by atoms with Crippen molar-refractivity contribution in [1.29, 1.82) is 0 Å². The van der Waals surface area contributed by atoms with Crippen LogP contribution in [0.3, 0.4) is 0 Å². The molecule has 0 aromatic carbocycles. The minimum Gasteiger partial charge on any atom is -0.342 e. The van der Waals surface area contributed by atoms with Crippen LogP contribution in [0.4, 0.5) is 0 Å². The first kappa shape index (κ1) is 15.3. The Balaban J connectivity index is 1.39. The molecule has 0 aromatic heterocycles. The van der Waals surface area contributed by atoms with Crippen LogP contribution in [0.2, 0.25) is 0 Å². The number of carbonyl (C=O) groups is 1. The molecule has 0 aromatic rings. The summed E-state index contributed by atoms with van der Waals surface area (Å²) in [6, 6.07) is 0.261. The summed E-state index contributed by atoms with van der Waals surface area (Å²) in [6.45, 7) is 4.34. The summed E-state index contributed by atoms with van der Waals surface area (Å²) in [4.78, 5) is 17.0. The average molecular weight is 293 g/mol. The Morgan fingerprint density at radius 2 is 1.90 bits per heavy atom. The Hall–Kier alpha value is -0.610. The third-order valence-corrected chi connectivity index (χ3v) is 5.63. The number of rotatable bonds is 6. The molecule has 1 saturated heterocycles. The molecule has 3 fully saturated rings. The highest BCUT2D eigenvalue weighted by molar-refractivity contribution is 5.76. The van der Waals surface area contributed by atoms with Crippen molar-refractivity contribution in [2.45, 2.75) is 51.0 Å². The second kappa shape index (κ2) is 6.66. The van der Waals surface area contributed by atoms with E-state index in [1.165, 1.54) is 32.2 Å². The monoisotopic (exact) mass is 293 g/mol. The van der Waals surface area contributed by atoms with Crippen molar-refractivity contribution in [1.82, 2.24) is 9.80 Å². The molecule has 120 valence electrons. The average Bonchev–Trinajstić information content (AvgIpc) is 2.96. The van der Waals surface area contributed by atoms with E-state index in [-0.39, 0.29) is 6.04 Å². The Morgan fingerprint density at radius 1 is 1.14 bits per heavy atom. The molecule has 3 rings (SSSR count). The van der Waals surface area contributed by atoms with Gasteiger partial charge in [0.25, 0.3) is 0 Å². The fraction of sp³-hybridized carbons (Fsp3) is 0.941. The van der Waals surface area contributed by atoms with Gasteiger partial charge in [0.05, 0.1) is 0 Å². The van der Waals surface area contributed by atoms with Crippen molar-refractivity contribution in [3.05, 3.63) is 0 Å². The SMILES string of the molecule is CN(CC1CC1)CC1CCN(C(=O)C[C@@H]2CCC[C@H]2N)C1. The molecule has 21 heavy (non-hydrogen) atoms. The van der Waals surface area contributed by atoms with Gasteiger partial charge in [0.2, 0.25) is 5.91 Å². The second-order valence-corrected chi connectivity index (χ2v) is 7.72. The second-order valence-electron chi connectivity index (χ2n) is 7.72. The Bertz CT molecular complexity index is 369. The van der Waals surface area contributed by atoms with E-state index < -0.39 is 0 Å². The molecule has 2 saturated carbocycles. The topological polar surface area (TPSA) is 49.6 Å². The van der Waals surface area contributed by atoms with Crippen LogP contribution in [0.1, 0.15) is 44.9 Å². The van der Waals surface area contributed by atoms with E-state index in [2.05, 4.69) is 16.8 Å². The maximum atomic E-state index is 12.4. The first-order chi connectivity index (χ1) is 10.1. The zero-order valence-electron chi connectivity index (χ0n) is 13.5. The van der Waals surface area contributed by atoms with Gasteiger partial charge in [-0.05, 0) is 56.9 Å². The van der Waals surface area contributed by atoms with Gasteiger partial charge in [-0.2, -0.15) is 0 Å². The third-order valence-electron chi connectivity index (χ3n) is 5.63. The maximum Gasteiger partial charge on any atom is 0.222 e. The van der Waals surface area contributed by atoms with Crippen LogP contribution in [0, 0.1) is 17.8 Å². The smallest absolute Gasteiger partial charge is 0.222 e. The van der Waals surface area contributed by atoms with Gasteiger partial charge in [-0.1, -0.05) is 6.42 Å². The van der Waals surface area contributed by atoms with Crippen molar-refractivity contribution in [3.63, 3.8) is 0 Å². The lowest BCUT2D eigenvalue weighted by molar-refractivity contribution is -0.131. The van der Waals surface area contributed by atoms with Gasteiger partial charge in [0.15, 0.2) is 0 Å². The van der Waals surface area contributed by atoms with Crippen LogP contribution >= 0.6 is 0 Å². The number of likely N-dealkylation sites (tertiary alicyclic amines) is 1. The van der Waals surface area contributed by atoms with Crippen LogP contribution in [-0.4, -0.2) is 55.0 Å². The number of hydrogen-bond acceptors (Lipinski definition) is 3. The van der Waals surface area contributed by atoms with Gasteiger partial charge in [-0.3, -0.25) is 4.79 Å². The fourth-order valence-corrected chi connectivity index (χ4v) is 4.14. The van der Waals surface area contributed by atoms with Gasteiger partial charge in [-0.15, -0.1) is 0 Å². The third kappa shape index (κ3) is 4.19. The molecule has 1 heterocycles. The van der Waals surface area contributed by atoms with Crippen LogP contribution < -0.4 is 5.73 Å². The maximum absolute atomic E-state index is 12.4. The predicted molar refractivity (Wildman–Crippen MR) is 84.8 cm³/mol. The van der Waals surface area contributed by atoms with E-state index in [0.29, 0.717) is 24.2 Å². The number of nitrogens with two attached hydrogens (primary N) is 1. The first-order valence-corrected chi connectivity index (χ1v) is 8.83. The summed E-state index contributed by atoms with van der Waals surface area (Å²) >= 11 is 0. The predicted octanol–water partition coefficient (Wildman–Crippen LogP) is 1.69. The molecule has 4 heteroatoms. The number of nitrogens with zero attached hydrogens (tertiary/aromatic N) is 2. The highest BCUT2D eigenvalue weighted by Crippen LogP contribution is 2.31. The summed E-state index contributed by atoms with van der Waals surface area (Å²) in [5, 5.41) is 0. The molecule has 4 nitrogen and oxygen atoms in total. The Labute approximate surface area is 129 Å². The minimum atomic E-state index is 0.261. The lowest BCUT2D eigenvalue weighted by atomic mass is 9.99. The van der Waals surface area contributed by atoms with Crippen molar-refractivity contribution >= 4 is 5.91 Å². The van der Waals surface area contributed by atoms with Gasteiger partial charge in [0.1, 0.15) is 0 Å². The molecule has 2 aliphatic carbocycles. The normalized spacial score (nSPS) is 33.1. The van der Waals surface area contributed by atoms with Crippen molar-refractivity contribution in [2.75, 3.05) is 33.2 Å². The molecule has 3 atom stereocenters. The summed E-state index contributed by atoms with van der Waals surface area (Å²) < 4.78 is 0. The van der Waals surface area contributed by atoms with Gasteiger partial charge in [0, 0.05) is 38.6 Å². The Kier molecular flexibility index (Phi) is 4.85. The highest BCUT2D eigenvalue weighted by atomic mass is 16.2. The molecule has 1 amide bonds. The van der Waals surface area contributed by atoms with E-state index >= 15 is 0 Å². The molecule has 2 N–H and O–H groups in total. The molecule has 0 radical (unpaired) electrons. The van der Waals surface area contributed by atoms with Crippen molar-refractivity contribution in [2.24, 2.45) is 23.5 Å². The standard InChI is InChI=1S/C17H31N3O/c1-19(10-13-5-6-13)11-14-7-8-20(12-14)17(21)9-15-3-2-4-16(15)18/h13-16H,2-12,18H2,1H3/t14?,15-,16+/m0/s1. The molecular formula is C17H31N3O.